The molecule has 1 amide bonds. The Bertz CT molecular complexity index is 1390. The lowest BCUT2D eigenvalue weighted by Gasteiger charge is -2.20. The zero-order valence-corrected chi connectivity index (χ0v) is 22.3. The highest BCUT2D eigenvalue weighted by Gasteiger charge is 2.21. The van der Waals surface area contributed by atoms with Gasteiger partial charge in [0, 0.05) is 17.1 Å². The summed E-state index contributed by atoms with van der Waals surface area (Å²) in [6.07, 6.45) is 2.25. The first kappa shape index (κ1) is 26.9. The molecule has 4 aromatic rings. The molecule has 0 aliphatic carbocycles. The highest BCUT2D eigenvalue weighted by Crippen LogP contribution is 2.41. The largest absolute Gasteiger partial charge is 0.493 e. The van der Waals surface area contributed by atoms with Crippen LogP contribution in [0.25, 0.3) is 22.0 Å². The molecule has 0 saturated carbocycles. The Morgan fingerprint density at radius 2 is 1.63 bits per heavy atom. The SMILES string of the molecule is COc1cc(-c2ccc(OC(C)C)c(C(=O)N[C@@H](CO)Cc3c[nH]c4ccccc34)c2)cc(OC)c1OC. The van der Waals surface area contributed by atoms with Gasteiger partial charge in [0.05, 0.1) is 45.6 Å². The van der Waals surface area contributed by atoms with Crippen molar-refractivity contribution in [2.75, 3.05) is 27.9 Å². The number of H-pyrrole nitrogens is 1. The molecule has 0 bridgehead atoms. The van der Waals surface area contributed by atoms with Crippen LogP contribution in [0.4, 0.5) is 0 Å². The minimum atomic E-state index is -0.488. The van der Waals surface area contributed by atoms with Crippen molar-refractivity contribution in [3.63, 3.8) is 0 Å². The number of rotatable bonds is 11. The van der Waals surface area contributed by atoms with Gasteiger partial charge in [0.25, 0.3) is 5.91 Å². The Hall–Kier alpha value is -4.17. The minimum Gasteiger partial charge on any atom is -0.493 e. The Balaban J connectivity index is 1.67. The van der Waals surface area contributed by atoms with Gasteiger partial charge in [-0.25, -0.2) is 0 Å². The normalized spacial score (nSPS) is 11.9. The van der Waals surface area contributed by atoms with E-state index in [9.17, 15) is 9.90 Å². The standard InChI is InChI=1S/C30H34N2O6/c1-18(2)38-26-11-10-19(20-14-27(35-3)29(37-5)28(15-20)36-4)13-24(26)30(34)32-22(17-33)12-21-16-31-25-9-7-6-8-23(21)25/h6-11,13-16,18,22,31,33H,12,17H2,1-5H3,(H,32,34)/t22-/m1/s1. The van der Waals surface area contributed by atoms with E-state index in [1.54, 1.807) is 33.5 Å². The van der Waals surface area contributed by atoms with Crippen molar-refractivity contribution >= 4 is 16.8 Å². The summed E-state index contributed by atoms with van der Waals surface area (Å²) >= 11 is 0. The fourth-order valence-corrected chi connectivity index (χ4v) is 4.48. The number of aromatic nitrogens is 1. The average molecular weight is 519 g/mol. The lowest BCUT2D eigenvalue weighted by molar-refractivity contribution is 0.0910. The molecule has 0 unspecified atom stereocenters. The topological polar surface area (TPSA) is 102 Å². The van der Waals surface area contributed by atoms with E-state index in [1.807, 2.05) is 62.5 Å². The molecule has 0 fully saturated rings. The highest BCUT2D eigenvalue weighted by atomic mass is 16.5. The summed E-state index contributed by atoms with van der Waals surface area (Å²) in [5.41, 5.74) is 3.94. The van der Waals surface area contributed by atoms with Crippen molar-refractivity contribution in [1.29, 1.82) is 0 Å². The van der Waals surface area contributed by atoms with E-state index in [0.29, 0.717) is 35.0 Å². The molecule has 3 N–H and O–H groups in total. The van der Waals surface area contributed by atoms with Gasteiger partial charge < -0.3 is 34.4 Å². The van der Waals surface area contributed by atoms with Crippen molar-refractivity contribution in [1.82, 2.24) is 10.3 Å². The van der Waals surface area contributed by atoms with E-state index in [4.69, 9.17) is 18.9 Å². The lowest BCUT2D eigenvalue weighted by Crippen LogP contribution is -2.39. The third-order valence-electron chi connectivity index (χ3n) is 6.28. The molecule has 200 valence electrons. The van der Waals surface area contributed by atoms with Gasteiger partial charge in [-0.3, -0.25) is 4.79 Å². The van der Waals surface area contributed by atoms with Gasteiger partial charge in [0.15, 0.2) is 11.5 Å². The maximum Gasteiger partial charge on any atom is 0.255 e. The van der Waals surface area contributed by atoms with Gasteiger partial charge in [0.2, 0.25) is 5.75 Å². The zero-order chi connectivity index (χ0) is 27.2. The van der Waals surface area contributed by atoms with E-state index in [2.05, 4.69) is 10.3 Å². The van der Waals surface area contributed by atoms with Gasteiger partial charge in [-0.1, -0.05) is 24.3 Å². The molecular weight excluding hydrogens is 484 g/mol. The number of benzene rings is 3. The van der Waals surface area contributed by atoms with Crippen molar-refractivity contribution in [2.45, 2.75) is 32.4 Å². The van der Waals surface area contributed by atoms with Gasteiger partial charge in [-0.2, -0.15) is 0 Å². The van der Waals surface area contributed by atoms with Crippen LogP contribution in [0, 0.1) is 0 Å². The van der Waals surface area contributed by atoms with Crippen LogP contribution in [-0.4, -0.2) is 56.1 Å². The number of carbonyl (C=O) groups is 1. The molecule has 1 heterocycles. The van der Waals surface area contributed by atoms with E-state index >= 15 is 0 Å². The highest BCUT2D eigenvalue weighted by molar-refractivity contribution is 5.98. The number of carbonyl (C=O) groups excluding carboxylic acids is 1. The van der Waals surface area contributed by atoms with Crippen LogP contribution in [0.1, 0.15) is 29.8 Å². The molecule has 1 aromatic heterocycles. The van der Waals surface area contributed by atoms with Crippen molar-refractivity contribution < 1.29 is 28.8 Å². The number of aromatic amines is 1. The molecule has 8 nitrogen and oxygen atoms in total. The number of nitrogens with one attached hydrogen (secondary N) is 2. The van der Waals surface area contributed by atoms with Crippen molar-refractivity contribution in [3.8, 4) is 34.1 Å². The molecular formula is C30H34N2O6. The number of fused-ring (bicyclic) bond motifs is 1. The third-order valence-corrected chi connectivity index (χ3v) is 6.28. The zero-order valence-electron chi connectivity index (χ0n) is 22.3. The predicted molar refractivity (Wildman–Crippen MR) is 148 cm³/mol. The predicted octanol–water partition coefficient (Wildman–Crippen LogP) is 4.98. The Morgan fingerprint density at radius 3 is 2.26 bits per heavy atom. The third kappa shape index (κ3) is 5.70. The van der Waals surface area contributed by atoms with Crippen LogP contribution < -0.4 is 24.3 Å². The van der Waals surface area contributed by atoms with Gasteiger partial charge >= 0.3 is 0 Å². The van der Waals surface area contributed by atoms with E-state index in [1.165, 1.54) is 0 Å². The minimum absolute atomic E-state index is 0.131. The van der Waals surface area contributed by atoms with Gasteiger partial charge in [0.1, 0.15) is 5.75 Å². The number of para-hydroxylation sites is 1. The Labute approximate surface area is 222 Å². The number of methoxy groups -OCH3 is 3. The van der Waals surface area contributed by atoms with Crippen LogP contribution in [-0.2, 0) is 6.42 Å². The molecule has 4 rings (SSSR count). The second-order valence-corrected chi connectivity index (χ2v) is 9.21. The summed E-state index contributed by atoms with van der Waals surface area (Å²) < 4.78 is 22.4. The maximum atomic E-state index is 13.6. The molecule has 0 aliphatic rings. The number of aliphatic hydroxyl groups excluding tert-OH is 1. The number of hydrogen-bond acceptors (Lipinski definition) is 6. The molecule has 8 heteroatoms. The summed E-state index contributed by atoms with van der Waals surface area (Å²) in [5, 5.41) is 14.2. The quantitative estimate of drug-likeness (QED) is 0.259. The maximum absolute atomic E-state index is 13.6. The second kappa shape index (κ2) is 11.9. The van der Waals surface area contributed by atoms with Crippen molar-refractivity contribution in [2.24, 2.45) is 0 Å². The Morgan fingerprint density at radius 1 is 0.921 bits per heavy atom. The monoisotopic (exact) mass is 518 g/mol. The lowest BCUT2D eigenvalue weighted by atomic mass is 10.00. The number of aliphatic hydroxyl groups is 1. The fraction of sp³-hybridized carbons (Fsp3) is 0.300. The number of amides is 1. The second-order valence-electron chi connectivity index (χ2n) is 9.21. The smallest absolute Gasteiger partial charge is 0.255 e. The summed E-state index contributed by atoms with van der Waals surface area (Å²) in [6.45, 7) is 3.60. The number of hydrogen-bond donors (Lipinski definition) is 3. The molecule has 0 spiro atoms. The van der Waals surface area contributed by atoms with Crippen LogP contribution in [0.15, 0.2) is 60.8 Å². The van der Waals surface area contributed by atoms with Crippen molar-refractivity contribution in [3.05, 3.63) is 71.9 Å². The number of ether oxygens (including phenoxy) is 4. The summed E-state index contributed by atoms with van der Waals surface area (Å²) in [5.74, 6) is 1.62. The van der Waals surface area contributed by atoms with E-state index in [-0.39, 0.29) is 18.6 Å². The van der Waals surface area contributed by atoms with E-state index in [0.717, 1.165) is 27.6 Å². The molecule has 1 atom stereocenters. The van der Waals surface area contributed by atoms with Crippen LogP contribution in [0.5, 0.6) is 23.0 Å². The molecule has 0 saturated heterocycles. The Kier molecular flexibility index (Phi) is 8.43. The first-order chi connectivity index (χ1) is 18.4. The molecule has 38 heavy (non-hydrogen) atoms. The van der Waals surface area contributed by atoms with Gasteiger partial charge in [-0.15, -0.1) is 0 Å². The first-order valence-corrected chi connectivity index (χ1v) is 12.5. The van der Waals surface area contributed by atoms with Crippen LogP contribution >= 0.6 is 0 Å². The van der Waals surface area contributed by atoms with Crippen LogP contribution in [0.3, 0.4) is 0 Å². The summed E-state index contributed by atoms with van der Waals surface area (Å²) in [7, 11) is 4.67. The van der Waals surface area contributed by atoms with E-state index < -0.39 is 6.04 Å². The first-order valence-electron chi connectivity index (χ1n) is 12.5. The fourth-order valence-electron chi connectivity index (χ4n) is 4.48. The summed E-state index contributed by atoms with van der Waals surface area (Å²) in [6, 6.07) is 16.5. The molecule has 3 aromatic carbocycles. The van der Waals surface area contributed by atoms with Crippen LogP contribution in [0.2, 0.25) is 0 Å². The molecule has 0 radical (unpaired) electrons. The molecule has 0 aliphatic heterocycles. The van der Waals surface area contributed by atoms with Gasteiger partial charge in [-0.05, 0) is 67.3 Å². The summed E-state index contributed by atoms with van der Waals surface area (Å²) in [4.78, 5) is 16.8. The average Bonchev–Trinajstić information content (AvgIpc) is 3.34.